The molecule has 0 aliphatic heterocycles. The lowest BCUT2D eigenvalue weighted by atomic mass is 10.1. The van der Waals surface area contributed by atoms with Gasteiger partial charge in [-0.05, 0) is 29.3 Å². The van der Waals surface area contributed by atoms with Gasteiger partial charge in [0, 0.05) is 36.0 Å². The number of benzene rings is 2. The van der Waals surface area contributed by atoms with Gasteiger partial charge in [0.05, 0.1) is 6.54 Å². The van der Waals surface area contributed by atoms with Gasteiger partial charge in [0.1, 0.15) is 5.56 Å². The number of aromatic nitrogens is 3. The molecule has 1 amide bonds. The van der Waals surface area contributed by atoms with Gasteiger partial charge in [-0.2, -0.15) is 5.10 Å². The first-order chi connectivity index (χ1) is 13.2. The van der Waals surface area contributed by atoms with Crippen LogP contribution in [0.2, 0.25) is 0 Å². The van der Waals surface area contributed by atoms with E-state index in [1.807, 2.05) is 53.3 Å². The molecule has 0 radical (unpaired) electrons. The lowest BCUT2D eigenvalue weighted by Gasteiger charge is -2.08. The molecule has 0 bridgehead atoms. The van der Waals surface area contributed by atoms with E-state index in [9.17, 15) is 9.59 Å². The average molecular weight is 358 g/mol. The van der Waals surface area contributed by atoms with E-state index in [0.29, 0.717) is 24.0 Å². The summed E-state index contributed by atoms with van der Waals surface area (Å²) in [6, 6.07) is 16.9. The molecule has 0 unspecified atom stereocenters. The fourth-order valence-electron chi connectivity index (χ4n) is 3.03. The molecule has 2 aromatic carbocycles. The summed E-state index contributed by atoms with van der Waals surface area (Å²) < 4.78 is 1.84. The smallest absolute Gasteiger partial charge is 0.257 e. The molecular weight excluding hydrogens is 340 g/mol. The number of para-hydroxylation sites is 1. The first-order valence-corrected chi connectivity index (χ1v) is 8.64. The molecule has 0 saturated heterocycles. The number of H-pyrrole nitrogens is 1. The molecule has 4 aromatic rings. The molecule has 0 fully saturated rings. The zero-order valence-electron chi connectivity index (χ0n) is 14.6. The van der Waals surface area contributed by atoms with E-state index in [4.69, 9.17) is 0 Å². The van der Waals surface area contributed by atoms with Gasteiger partial charge in [0.25, 0.3) is 5.91 Å². The van der Waals surface area contributed by atoms with Gasteiger partial charge in [-0.25, -0.2) is 0 Å². The molecule has 2 heterocycles. The topological polar surface area (TPSA) is 79.8 Å². The molecule has 27 heavy (non-hydrogen) atoms. The largest absolute Gasteiger partial charge is 0.360 e. The van der Waals surface area contributed by atoms with E-state index in [2.05, 4.69) is 15.4 Å². The maximum Gasteiger partial charge on any atom is 0.257 e. The average Bonchev–Trinajstić information content (AvgIpc) is 3.20. The van der Waals surface area contributed by atoms with E-state index in [0.717, 1.165) is 11.1 Å². The quantitative estimate of drug-likeness (QED) is 0.576. The number of carbonyl (C=O) groups excluding carboxylic acids is 1. The monoisotopic (exact) mass is 358 g/mol. The van der Waals surface area contributed by atoms with Gasteiger partial charge < -0.3 is 10.3 Å². The second kappa shape index (κ2) is 7.29. The summed E-state index contributed by atoms with van der Waals surface area (Å²) >= 11 is 0. The minimum Gasteiger partial charge on any atom is -0.360 e. The van der Waals surface area contributed by atoms with Crippen LogP contribution in [0.4, 0.5) is 0 Å². The highest BCUT2D eigenvalue weighted by atomic mass is 16.2. The Morgan fingerprint density at radius 2 is 1.93 bits per heavy atom. The predicted octanol–water partition coefficient (Wildman–Crippen LogP) is 2.70. The number of nitrogens with zero attached hydrogens (tertiary/aromatic N) is 2. The summed E-state index contributed by atoms with van der Waals surface area (Å²) in [5.41, 5.74) is 2.61. The van der Waals surface area contributed by atoms with Crippen LogP contribution in [0.1, 0.15) is 21.5 Å². The maximum atomic E-state index is 12.5. The molecule has 0 saturated carbocycles. The Balaban J connectivity index is 1.48. The molecule has 2 aromatic heterocycles. The third kappa shape index (κ3) is 3.64. The van der Waals surface area contributed by atoms with Crippen molar-refractivity contribution in [3.8, 4) is 0 Å². The van der Waals surface area contributed by atoms with E-state index >= 15 is 0 Å². The molecule has 0 atom stereocenters. The minimum atomic E-state index is -0.389. The number of pyridine rings is 1. The van der Waals surface area contributed by atoms with E-state index < -0.39 is 0 Å². The van der Waals surface area contributed by atoms with Crippen molar-refractivity contribution in [1.29, 1.82) is 0 Å². The van der Waals surface area contributed by atoms with Crippen LogP contribution in [-0.4, -0.2) is 20.7 Å². The number of carbonyl (C=O) groups is 1. The molecule has 0 spiro atoms. The van der Waals surface area contributed by atoms with Crippen molar-refractivity contribution in [3.05, 3.63) is 100 Å². The normalized spacial score (nSPS) is 10.8. The van der Waals surface area contributed by atoms with Gasteiger partial charge in [0.15, 0.2) is 0 Å². The van der Waals surface area contributed by atoms with Crippen molar-refractivity contribution in [2.24, 2.45) is 0 Å². The lowest BCUT2D eigenvalue weighted by Crippen LogP contribution is -2.28. The lowest BCUT2D eigenvalue weighted by molar-refractivity contribution is 0.0949. The number of amides is 1. The van der Waals surface area contributed by atoms with Crippen molar-refractivity contribution in [2.45, 2.75) is 13.1 Å². The standard InChI is InChI=1S/C21H18N4O2/c26-20-17-7-1-2-8-19(17)22-13-18(20)21(27)23-12-15-5-3-6-16(11-15)14-25-10-4-9-24-25/h1-11,13H,12,14H2,(H,22,26)(H,23,27). The number of nitrogens with one attached hydrogen (secondary N) is 2. The van der Waals surface area contributed by atoms with Crippen LogP contribution in [-0.2, 0) is 13.1 Å². The fraction of sp³-hybridized carbons (Fsp3) is 0.0952. The first-order valence-electron chi connectivity index (χ1n) is 8.64. The fourth-order valence-corrected chi connectivity index (χ4v) is 3.03. The Hall–Kier alpha value is -3.67. The molecule has 6 heteroatoms. The van der Waals surface area contributed by atoms with Crippen molar-refractivity contribution in [2.75, 3.05) is 0 Å². The molecular formula is C21H18N4O2. The maximum absolute atomic E-state index is 12.5. The number of hydrogen-bond donors (Lipinski definition) is 2. The summed E-state index contributed by atoms with van der Waals surface area (Å²) in [6.07, 6.45) is 5.11. The highest BCUT2D eigenvalue weighted by molar-refractivity contribution is 5.97. The predicted molar refractivity (Wildman–Crippen MR) is 104 cm³/mol. The van der Waals surface area contributed by atoms with Crippen LogP contribution in [0.25, 0.3) is 10.9 Å². The van der Waals surface area contributed by atoms with Crippen LogP contribution in [0.15, 0.2) is 78.0 Å². The molecule has 6 nitrogen and oxygen atoms in total. The number of hydrogen-bond acceptors (Lipinski definition) is 3. The van der Waals surface area contributed by atoms with Gasteiger partial charge >= 0.3 is 0 Å². The van der Waals surface area contributed by atoms with Crippen molar-refractivity contribution >= 4 is 16.8 Å². The summed E-state index contributed by atoms with van der Waals surface area (Å²) in [6.45, 7) is 1.01. The van der Waals surface area contributed by atoms with E-state index in [-0.39, 0.29) is 16.9 Å². The number of rotatable bonds is 5. The van der Waals surface area contributed by atoms with Crippen LogP contribution in [0.3, 0.4) is 0 Å². The van der Waals surface area contributed by atoms with Gasteiger partial charge in [0.2, 0.25) is 5.43 Å². The zero-order chi connectivity index (χ0) is 18.6. The summed E-state index contributed by atoms with van der Waals surface area (Å²) in [5.74, 6) is -0.389. The molecule has 0 aliphatic carbocycles. The van der Waals surface area contributed by atoms with Crippen LogP contribution < -0.4 is 10.7 Å². The number of fused-ring (bicyclic) bond motifs is 1. The highest BCUT2D eigenvalue weighted by Gasteiger charge is 2.12. The third-order valence-electron chi connectivity index (χ3n) is 4.38. The molecule has 134 valence electrons. The van der Waals surface area contributed by atoms with Crippen molar-refractivity contribution in [3.63, 3.8) is 0 Å². The summed E-state index contributed by atoms with van der Waals surface area (Å²) in [7, 11) is 0. The Morgan fingerprint density at radius 1 is 1.07 bits per heavy atom. The zero-order valence-corrected chi connectivity index (χ0v) is 14.6. The molecule has 4 rings (SSSR count). The minimum absolute atomic E-state index is 0.112. The van der Waals surface area contributed by atoms with Gasteiger partial charge in [-0.3, -0.25) is 14.3 Å². The van der Waals surface area contributed by atoms with Crippen molar-refractivity contribution < 1.29 is 4.79 Å². The van der Waals surface area contributed by atoms with Crippen molar-refractivity contribution in [1.82, 2.24) is 20.1 Å². The van der Waals surface area contributed by atoms with E-state index in [1.165, 1.54) is 6.20 Å². The Morgan fingerprint density at radius 3 is 2.78 bits per heavy atom. The third-order valence-corrected chi connectivity index (χ3v) is 4.38. The van der Waals surface area contributed by atoms with E-state index in [1.54, 1.807) is 18.3 Å². The van der Waals surface area contributed by atoms with Gasteiger partial charge in [-0.15, -0.1) is 0 Å². The second-order valence-corrected chi connectivity index (χ2v) is 6.28. The SMILES string of the molecule is O=C(NCc1cccc(Cn2cccn2)c1)c1c[nH]c2ccccc2c1=O. The Labute approximate surface area is 155 Å². The molecule has 0 aliphatic rings. The van der Waals surface area contributed by atoms with Crippen LogP contribution in [0.5, 0.6) is 0 Å². The summed E-state index contributed by atoms with van der Waals surface area (Å²) in [4.78, 5) is 28.0. The Bertz CT molecular complexity index is 1150. The number of aromatic amines is 1. The van der Waals surface area contributed by atoms with Crippen LogP contribution >= 0.6 is 0 Å². The Kier molecular flexibility index (Phi) is 4.53. The van der Waals surface area contributed by atoms with Crippen LogP contribution in [0, 0.1) is 0 Å². The summed E-state index contributed by atoms with van der Waals surface area (Å²) in [5, 5.41) is 7.53. The molecule has 2 N–H and O–H groups in total. The first kappa shape index (κ1) is 16.8. The highest BCUT2D eigenvalue weighted by Crippen LogP contribution is 2.09. The second-order valence-electron chi connectivity index (χ2n) is 6.28. The van der Waals surface area contributed by atoms with Gasteiger partial charge in [-0.1, -0.05) is 36.4 Å².